The maximum absolute atomic E-state index is 13.9. The summed E-state index contributed by atoms with van der Waals surface area (Å²) in [6, 6.07) is 10.6. The van der Waals surface area contributed by atoms with Crippen molar-refractivity contribution in [1.82, 2.24) is 0 Å². The number of rotatable bonds is 2. The van der Waals surface area contributed by atoms with E-state index in [0.717, 1.165) is 0 Å². The van der Waals surface area contributed by atoms with Crippen LogP contribution in [0, 0.1) is 18.6 Å². The number of benzene rings is 2. The van der Waals surface area contributed by atoms with Crippen molar-refractivity contribution in [2.24, 2.45) is 0 Å². The molecular weight excluding hydrogens is 220 g/mol. The van der Waals surface area contributed by atoms with Crippen molar-refractivity contribution in [2.75, 3.05) is 12.4 Å². The minimum atomic E-state index is -0.827. The Bertz CT molecular complexity index is 536. The Kier molecular flexibility index (Phi) is 3.09. The zero-order valence-corrected chi connectivity index (χ0v) is 9.72. The van der Waals surface area contributed by atoms with Crippen LogP contribution in [0.1, 0.15) is 5.56 Å². The molecule has 0 aliphatic heterocycles. The molecule has 0 saturated carbocycles. The van der Waals surface area contributed by atoms with Crippen molar-refractivity contribution in [1.29, 1.82) is 0 Å². The lowest BCUT2D eigenvalue weighted by Gasteiger charge is -2.11. The zero-order chi connectivity index (χ0) is 12.4. The maximum atomic E-state index is 13.9. The topological polar surface area (TPSA) is 12.0 Å². The smallest absolute Gasteiger partial charge is 0.182 e. The van der Waals surface area contributed by atoms with E-state index in [1.165, 1.54) is 0 Å². The first kappa shape index (κ1) is 11.6. The normalized spacial score (nSPS) is 10.4. The molecule has 0 saturated heterocycles. The molecular formula is C14H13F2N. The Morgan fingerprint density at radius 1 is 1.00 bits per heavy atom. The van der Waals surface area contributed by atoms with Crippen LogP contribution >= 0.6 is 0 Å². The molecule has 88 valence electrons. The molecule has 0 amide bonds. The van der Waals surface area contributed by atoms with Crippen LogP contribution in [-0.4, -0.2) is 7.05 Å². The van der Waals surface area contributed by atoms with Gasteiger partial charge in [0, 0.05) is 12.6 Å². The first-order valence-electron chi connectivity index (χ1n) is 5.37. The molecule has 0 radical (unpaired) electrons. The fourth-order valence-electron chi connectivity index (χ4n) is 1.89. The second kappa shape index (κ2) is 4.53. The highest BCUT2D eigenvalue weighted by atomic mass is 19.2. The van der Waals surface area contributed by atoms with Gasteiger partial charge in [-0.05, 0) is 24.1 Å². The van der Waals surface area contributed by atoms with Crippen molar-refractivity contribution in [3.8, 4) is 11.1 Å². The second-order valence-electron chi connectivity index (χ2n) is 3.86. The first-order valence-corrected chi connectivity index (χ1v) is 5.37. The molecule has 0 bridgehead atoms. The first-order chi connectivity index (χ1) is 8.15. The fraction of sp³-hybridized carbons (Fsp3) is 0.143. The lowest BCUT2D eigenvalue weighted by Crippen LogP contribution is -2.01. The summed E-state index contributed by atoms with van der Waals surface area (Å²) >= 11 is 0. The van der Waals surface area contributed by atoms with Gasteiger partial charge in [0.05, 0.1) is 5.69 Å². The number of hydrogen-bond acceptors (Lipinski definition) is 1. The summed E-state index contributed by atoms with van der Waals surface area (Å²) in [7, 11) is 1.58. The van der Waals surface area contributed by atoms with E-state index in [1.807, 2.05) is 6.07 Å². The standard InChI is InChI=1S/C14H13F2N/c1-9-8-11(10-6-4-3-5-7-10)12(15)13(16)14(9)17-2/h3-8,17H,1-2H3. The molecule has 17 heavy (non-hydrogen) atoms. The SMILES string of the molecule is CNc1c(C)cc(-c2ccccc2)c(F)c1F. The van der Waals surface area contributed by atoms with Gasteiger partial charge >= 0.3 is 0 Å². The van der Waals surface area contributed by atoms with Crippen LogP contribution in [0.15, 0.2) is 36.4 Å². The zero-order valence-electron chi connectivity index (χ0n) is 9.72. The molecule has 0 spiro atoms. The fourth-order valence-corrected chi connectivity index (χ4v) is 1.89. The summed E-state index contributed by atoms with van der Waals surface area (Å²) < 4.78 is 27.7. The van der Waals surface area contributed by atoms with E-state index in [4.69, 9.17) is 0 Å². The van der Waals surface area contributed by atoms with Crippen molar-refractivity contribution < 1.29 is 8.78 Å². The van der Waals surface area contributed by atoms with Gasteiger partial charge in [-0.2, -0.15) is 0 Å². The molecule has 0 unspecified atom stereocenters. The predicted molar refractivity (Wildman–Crippen MR) is 66.1 cm³/mol. The van der Waals surface area contributed by atoms with Crippen molar-refractivity contribution in [2.45, 2.75) is 6.92 Å². The lowest BCUT2D eigenvalue weighted by molar-refractivity contribution is 0.513. The van der Waals surface area contributed by atoms with E-state index in [2.05, 4.69) is 5.32 Å². The van der Waals surface area contributed by atoms with Crippen LogP contribution < -0.4 is 5.32 Å². The molecule has 2 aromatic carbocycles. The predicted octanol–water partition coefficient (Wildman–Crippen LogP) is 3.98. The molecule has 2 rings (SSSR count). The highest BCUT2D eigenvalue weighted by molar-refractivity contribution is 5.69. The van der Waals surface area contributed by atoms with Crippen LogP contribution in [0.4, 0.5) is 14.5 Å². The molecule has 0 fully saturated rings. The number of aryl methyl sites for hydroxylation is 1. The Labute approximate surface area is 99.1 Å². The van der Waals surface area contributed by atoms with Gasteiger partial charge in [-0.3, -0.25) is 0 Å². The number of nitrogens with one attached hydrogen (secondary N) is 1. The van der Waals surface area contributed by atoms with Gasteiger partial charge in [-0.1, -0.05) is 30.3 Å². The van der Waals surface area contributed by atoms with E-state index in [0.29, 0.717) is 16.7 Å². The monoisotopic (exact) mass is 233 g/mol. The van der Waals surface area contributed by atoms with Gasteiger partial charge in [-0.15, -0.1) is 0 Å². The van der Waals surface area contributed by atoms with Crippen molar-refractivity contribution in [3.05, 3.63) is 53.6 Å². The lowest BCUT2D eigenvalue weighted by atomic mass is 10.0. The highest BCUT2D eigenvalue weighted by Crippen LogP contribution is 2.31. The summed E-state index contributed by atoms with van der Waals surface area (Å²) in [6.45, 7) is 1.75. The average Bonchev–Trinajstić information content (AvgIpc) is 2.35. The van der Waals surface area contributed by atoms with E-state index >= 15 is 0 Å². The van der Waals surface area contributed by atoms with Gasteiger partial charge in [0.2, 0.25) is 0 Å². The number of hydrogen-bond donors (Lipinski definition) is 1. The number of halogens is 2. The minimum absolute atomic E-state index is 0.210. The summed E-state index contributed by atoms with van der Waals surface area (Å²) in [5.74, 6) is -1.64. The van der Waals surface area contributed by atoms with E-state index in [-0.39, 0.29) is 5.69 Å². The maximum Gasteiger partial charge on any atom is 0.182 e. The van der Waals surface area contributed by atoms with Crippen LogP contribution in [0.25, 0.3) is 11.1 Å². The Balaban J connectivity index is 2.65. The van der Waals surface area contributed by atoms with Crippen molar-refractivity contribution in [3.63, 3.8) is 0 Å². The molecule has 0 aromatic heterocycles. The third-order valence-electron chi connectivity index (χ3n) is 2.74. The molecule has 3 heteroatoms. The van der Waals surface area contributed by atoms with E-state index < -0.39 is 11.6 Å². The third-order valence-corrected chi connectivity index (χ3v) is 2.74. The third kappa shape index (κ3) is 2.00. The second-order valence-corrected chi connectivity index (χ2v) is 3.86. The molecule has 0 atom stereocenters. The van der Waals surface area contributed by atoms with Crippen LogP contribution in [0.2, 0.25) is 0 Å². The highest BCUT2D eigenvalue weighted by Gasteiger charge is 2.16. The molecule has 0 heterocycles. The van der Waals surface area contributed by atoms with Gasteiger partial charge in [0.1, 0.15) is 0 Å². The Morgan fingerprint density at radius 3 is 2.24 bits per heavy atom. The largest absolute Gasteiger partial charge is 0.385 e. The molecule has 1 N–H and O–H groups in total. The van der Waals surface area contributed by atoms with Crippen LogP contribution in [0.5, 0.6) is 0 Å². The van der Waals surface area contributed by atoms with Crippen molar-refractivity contribution >= 4 is 5.69 Å². The van der Waals surface area contributed by atoms with Gasteiger partial charge in [-0.25, -0.2) is 8.78 Å². The van der Waals surface area contributed by atoms with Gasteiger partial charge in [0.15, 0.2) is 11.6 Å². The minimum Gasteiger partial charge on any atom is -0.385 e. The molecule has 0 aliphatic rings. The molecule has 2 aromatic rings. The molecule has 1 nitrogen and oxygen atoms in total. The summed E-state index contributed by atoms with van der Waals surface area (Å²) in [4.78, 5) is 0. The Hall–Kier alpha value is -1.90. The summed E-state index contributed by atoms with van der Waals surface area (Å²) in [5.41, 5.74) is 1.86. The number of anilines is 1. The van der Waals surface area contributed by atoms with E-state index in [9.17, 15) is 8.78 Å². The van der Waals surface area contributed by atoms with Gasteiger partial charge in [0.25, 0.3) is 0 Å². The average molecular weight is 233 g/mol. The quantitative estimate of drug-likeness (QED) is 0.827. The van der Waals surface area contributed by atoms with Gasteiger partial charge < -0.3 is 5.32 Å². The molecule has 0 aliphatic carbocycles. The Morgan fingerprint density at radius 2 is 1.65 bits per heavy atom. The van der Waals surface area contributed by atoms with E-state index in [1.54, 1.807) is 44.3 Å². The summed E-state index contributed by atoms with van der Waals surface area (Å²) in [6.07, 6.45) is 0. The van der Waals surface area contributed by atoms with Crippen LogP contribution in [-0.2, 0) is 0 Å². The summed E-state index contributed by atoms with van der Waals surface area (Å²) in [5, 5.41) is 2.67. The van der Waals surface area contributed by atoms with Crippen LogP contribution in [0.3, 0.4) is 0 Å².